The number of sulfonamides is 1. The molecule has 5 nitrogen and oxygen atoms in total. The highest BCUT2D eigenvalue weighted by Gasteiger charge is 2.24. The highest BCUT2D eigenvalue weighted by atomic mass is 32.2. The minimum atomic E-state index is -3.68. The monoisotopic (exact) mass is 390 g/mol. The summed E-state index contributed by atoms with van der Waals surface area (Å²) in [5.41, 5.74) is 1.08. The Morgan fingerprint density at radius 1 is 1.04 bits per heavy atom. The lowest BCUT2D eigenvalue weighted by molar-refractivity contribution is -0.131. The first-order chi connectivity index (χ1) is 12.9. The average molecular weight is 390 g/mol. The number of amides is 1. The molecule has 0 saturated carbocycles. The molecule has 144 valence electrons. The van der Waals surface area contributed by atoms with E-state index in [1.165, 1.54) is 12.1 Å². The van der Waals surface area contributed by atoms with E-state index >= 15 is 0 Å². The normalized spacial score (nSPS) is 18.3. The van der Waals surface area contributed by atoms with Gasteiger partial charge in [0.2, 0.25) is 15.9 Å². The van der Waals surface area contributed by atoms with E-state index < -0.39 is 15.8 Å². The van der Waals surface area contributed by atoms with Crippen molar-refractivity contribution in [3.8, 4) is 0 Å². The van der Waals surface area contributed by atoms with Gasteiger partial charge in [-0.2, -0.15) is 0 Å². The fourth-order valence-electron chi connectivity index (χ4n) is 3.19. The molecule has 2 aromatic carbocycles. The summed E-state index contributed by atoms with van der Waals surface area (Å²) in [6.45, 7) is 1.45. The molecule has 1 aliphatic rings. The van der Waals surface area contributed by atoms with Crippen molar-refractivity contribution in [2.45, 2.75) is 30.7 Å². The molecule has 1 aliphatic heterocycles. The van der Waals surface area contributed by atoms with Gasteiger partial charge in [-0.3, -0.25) is 4.79 Å². The highest BCUT2D eigenvalue weighted by molar-refractivity contribution is 7.89. The maximum Gasteiger partial charge on any atom is 0.240 e. The van der Waals surface area contributed by atoms with E-state index in [4.69, 9.17) is 0 Å². The van der Waals surface area contributed by atoms with Crippen molar-refractivity contribution in [2.75, 3.05) is 13.1 Å². The molecular weight excluding hydrogens is 367 g/mol. The largest absolute Gasteiger partial charge is 0.338 e. The second-order valence-corrected chi connectivity index (χ2v) is 8.57. The maximum absolute atomic E-state index is 13.0. The number of nitrogens with zero attached hydrogens (tertiary/aromatic N) is 1. The summed E-state index contributed by atoms with van der Waals surface area (Å²) in [5, 5.41) is 0. The summed E-state index contributed by atoms with van der Waals surface area (Å²) in [4.78, 5) is 14.2. The summed E-state index contributed by atoms with van der Waals surface area (Å²) >= 11 is 0. The number of carbonyl (C=O) groups is 1. The van der Waals surface area contributed by atoms with Crippen LogP contribution in [0, 0.1) is 11.7 Å². The Kier molecular flexibility index (Phi) is 6.23. The van der Waals surface area contributed by atoms with Crippen LogP contribution in [0.15, 0.2) is 59.5 Å². The van der Waals surface area contributed by atoms with Crippen LogP contribution in [0.1, 0.15) is 24.8 Å². The Hall–Kier alpha value is -2.25. The van der Waals surface area contributed by atoms with Crippen molar-refractivity contribution in [1.82, 2.24) is 9.62 Å². The van der Waals surface area contributed by atoms with Gasteiger partial charge in [0, 0.05) is 26.1 Å². The zero-order chi connectivity index (χ0) is 19.3. The first kappa shape index (κ1) is 19.5. The van der Waals surface area contributed by atoms with Gasteiger partial charge in [0.1, 0.15) is 5.82 Å². The molecule has 7 heteroatoms. The van der Waals surface area contributed by atoms with Crippen molar-refractivity contribution < 1.29 is 17.6 Å². The van der Waals surface area contributed by atoms with E-state index in [0.29, 0.717) is 25.9 Å². The first-order valence-corrected chi connectivity index (χ1v) is 10.5. The quantitative estimate of drug-likeness (QED) is 0.825. The van der Waals surface area contributed by atoms with Crippen molar-refractivity contribution in [2.24, 2.45) is 5.92 Å². The fraction of sp³-hybridized carbons (Fsp3) is 0.350. The van der Waals surface area contributed by atoms with Gasteiger partial charge in [0.15, 0.2) is 0 Å². The Balaban J connectivity index is 1.56. The van der Waals surface area contributed by atoms with E-state index in [1.54, 1.807) is 0 Å². The molecule has 1 fully saturated rings. The van der Waals surface area contributed by atoms with Gasteiger partial charge in [-0.25, -0.2) is 17.5 Å². The number of rotatable bonds is 6. The smallest absolute Gasteiger partial charge is 0.240 e. The molecule has 1 amide bonds. The molecule has 0 spiro atoms. The zero-order valence-corrected chi connectivity index (χ0v) is 15.8. The Labute approximate surface area is 159 Å². The molecule has 27 heavy (non-hydrogen) atoms. The lowest BCUT2D eigenvalue weighted by Gasteiger charge is -2.21. The third kappa shape index (κ3) is 5.37. The molecule has 1 saturated heterocycles. The summed E-state index contributed by atoms with van der Waals surface area (Å²) in [6, 6.07) is 14.6. The van der Waals surface area contributed by atoms with Crippen LogP contribution in [0.4, 0.5) is 4.39 Å². The topological polar surface area (TPSA) is 66.5 Å². The summed E-state index contributed by atoms with van der Waals surface area (Å²) < 4.78 is 40.2. The zero-order valence-electron chi connectivity index (χ0n) is 15.0. The van der Waals surface area contributed by atoms with Crippen LogP contribution in [-0.4, -0.2) is 32.3 Å². The van der Waals surface area contributed by atoms with Gasteiger partial charge in [0.25, 0.3) is 0 Å². The van der Waals surface area contributed by atoms with Crippen LogP contribution in [0.25, 0.3) is 0 Å². The van der Waals surface area contributed by atoms with Gasteiger partial charge < -0.3 is 4.90 Å². The van der Waals surface area contributed by atoms with Crippen molar-refractivity contribution in [3.05, 3.63) is 66.0 Å². The van der Waals surface area contributed by atoms with Crippen LogP contribution < -0.4 is 4.72 Å². The lowest BCUT2D eigenvalue weighted by Crippen LogP contribution is -2.31. The Morgan fingerprint density at radius 3 is 2.44 bits per heavy atom. The number of hydrogen-bond donors (Lipinski definition) is 1. The standard InChI is InChI=1S/C20H23FN2O3S/c21-18-7-9-19(10-8-18)27(25,26)22-14-16-6-11-20(24)23(13-12-16)15-17-4-2-1-3-5-17/h1-5,7-10,16,22H,6,11-15H2. The number of benzene rings is 2. The lowest BCUT2D eigenvalue weighted by atomic mass is 10.0. The average Bonchev–Trinajstić information content (AvgIpc) is 2.83. The molecule has 2 aromatic rings. The minimum Gasteiger partial charge on any atom is -0.338 e. The van der Waals surface area contributed by atoms with Crippen LogP contribution in [0.5, 0.6) is 0 Å². The molecule has 1 heterocycles. The third-order valence-corrected chi connectivity index (χ3v) is 6.27. The Morgan fingerprint density at radius 2 is 1.74 bits per heavy atom. The van der Waals surface area contributed by atoms with E-state index in [0.717, 1.165) is 24.1 Å². The molecule has 0 bridgehead atoms. The number of halogens is 1. The van der Waals surface area contributed by atoms with Crippen molar-refractivity contribution in [3.63, 3.8) is 0 Å². The van der Waals surface area contributed by atoms with E-state index in [9.17, 15) is 17.6 Å². The number of nitrogens with one attached hydrogen (secondary N) is 1. The van der Waals surface area contributed by atoms with Gasteiger partial charge >= 0.3 is 0 Å². The van der Waals surface area contributed by atoms with E-state index in [1.807, 2.05) is 35.2 Å². The van der Waals surface area contributed by atoms with Crippen LogP contribution in [0.2, 0.25) is 0 Å². The number of carbonyl (C=O) groups excluding carboxylic acids is 1. The Bertz CT molecular complexity index is 870. The first-order valence-electron chi connectivity index (χ1n) is 9.01. The van der Waals surface area contributed by atoms with Crippen LogP contribution in [0.3, 0.4) is 0 Å². The molecule has 1 unspecified atom stereocenters. The molecule has 0 aromatic heterocycles. The van der Waals surface area contributed by atoms with Gasteiger partial charge in [-0.05, 0) is 48.6 Å². The SMILES string of the molecule is O=C1CCC(CNS(=O)(=O)c2ccc(F)cc2)CCN1Cc1ccccc1. The summed E-state index contributed by atoms with van der Waals surface area (Å²) in [7, 11) is -3.68. The van der Waals surface area contributed by atoms with E-state index in [2.05, 4.69) is 4.72 Å². The van der Waals surface area contributed by atoms with Gasteiger partial charge in [0.05, 0.1) is 4.90 Å². The number of likely N-dealkylation sites (tertiary alicyclic amines) is 1. The summed E-state index contributed by atoms with van der Waals surface area (Å²) in [5.74, 6) is -0.289. The second-order valence-electron chi connectivity index (χ2n) is 6.80. The highest BCUT2D eigenvalue weighted by Crippen LogP contribution is 2.20. The molecular formula is C20H23FN2O3S. The van der Waals surface area contributed by atoms with Crippen LogP contribution in [-0.2, 0) is 21.4 Å². The molecule has 0 aliphatic carbocycles. The van der Waals surface area contributed by atoms with Crippen LogP contribution >= 0.6 is 0 Å². The van der Waals surface area contributed by atoms with Gasteiger partial charge in [-0.15, -0.1) is 0 Å². The minimum absolute atomic E-state index is 0.0410. The fourth-order valence-corrected chi connectivity index (χ4v) is 4.31. The maximum atomic E-state index is 13.0. The van der Waals surface area contributed by atoms with Crippen molar-refractivity contribution in [1.29, 1.82) is 0 Å². The molecule has 1 atom stereocenters. The van der Waals surface area contributed by atoms with Gasteiger partial charge in [-0.1, -0.05) is 30.3 Å². The second kappa shape index (κ2) is 8.63. The molecule has 0 radical (unpaired) electrons. The number of hydrogen-bond acceptors (Lipinski definition) is 3. The predicted molar refractivity (Wildman–Crippen MR) is 101 cm³/mol. The third-order valence-electron chi connectivity index (χ3n) is 4.83. The molecule has 1 N–H and O–H groups in total. The molecule has 3 rings (SSSR count). The predicted octanol–water partition coefficient (Wildman–Crippen LogP) is 2.93. The van der Waals surface area contributed by atoms with E-state index in [-0.39, 0.29) is 23.3 Å². The summed E-state index contributed by atoms with van der Waals surface area (Å²) in [6.07, 6.45) is 1.80. The van der Waals surface area contributed by atoms with Crippen molar-refractivity contribution >= 4 is 15.9 Å².